The van der Waals surface area contributed by atoms with Crippen LogP contribution < -0.4 is 16.3 Å². The van der Waals surface area contributed by atoms with E-state index in [9.17, 15) is 9.59 Å². The minimum absolute atomic E-state index is 0.231. The number of hydrazine groups is 1. The summed E-state index contributed by atoms with van der Waals surface area (Å²) in [5.41, 5.74) is 10.8. The number of hydrogen-bond acceptors (Lipinski definition) is 6. The van der Waals surface area contributed by atoms with Crippen molar-refractivity contribution in [3.05, 3.63) is 53.0 Å². The normalized spacial score (nSPS) is 14.4. The molecule has 1 aliphatic rings. The molecule has 0 bridgehead atoms. The highest BCUT2D eigenvalue weighted by Gasteiger charge is 2.28. The summed E-state index contributed by atoms with van der Waals surface area (Å²) in [7, 11) is 0. The Morgan fingerprint density at radius 1 is 1.22 bits per heavy atom. The first kappa shape index (κ1) is 18.5. The number of carbonyl (C=O) groups excluding carboxylic acids is 2. The highest BCUT2D eigenvalue weighted by molar-refractivity contribution is 6.06. The zero-order chi connectivity index (χ0) is 19.2. The molecule has 27 heavy (non-hydrogen) atoms. The van der Waals surface area contributed by atoms with Crippen molar-refractivity contribution in [3.8, 4) is 0 Å². The van der Waals surface area contributed by atoms with Gasteiger partial charge >= 0.3 is 12.0 Å². The Hall–Kier alpha value is -3.29. The Balaban J connectivity index is 1.76. The van der Waals surface area contributed by atoms with Crippen molar-refractivity contribution in [1.29, 1.82) is 0 Å². The van der Waals surface area contributed by atoms with Gasteiger partial charge in [0, 0.05) is 17.5 Å². The molecule has 1 heterocycles. The Morgan fingerprint density at radius 3 is 2.74 bits per heavy atom. The van der Waals surface area contributed by atoms with Crippen molar-refractivity contribution in [3.63, 3.8) is 0 Å². The lowest BCUT2D eigenvalue weighted by Crippen LogP contribution is -2.29. The third-order valence-electron chi connectivity index (χ3n) is 4.18. The van der Waals surface area contributed by atoms with Crippen LogP contribution in [0.15, 0.2) is 39.9 Å². The van der Waals surface area contributed by atoms with E-state index in [1.807, 2.05) is 37.3 Å². The van der Waals surface area contributed by atoms with Crippen molar-refractivity contribution in [1.82, 2.24) is 10.9 Å². The molecule has 0 radical (unpaired) electrons. The summed E-state index contributed by atoms with van der Waals surface area (Å²) < 4.78 is 10.6. The van der Waals surface area contributed by atoms with E-state index in [4.69, 9.17) is 9.15 Å². The molecule has 8 heteroatoms. The van der Waals surface area contributed by atoms with Gasteiger partial charge in [-0.1, -0.05) is 18.2 Å². The number of carbonyl (C=O) groups is 2. The number of rotatable bonds is 5. The second-order valence-electron chi connectivity index (χ2n) is 6.04. The van der Waals surface area contributed by atoms with Gasteiger partial charge in [0.1, 0.15) is 5.76 Å². The summed E-state index contributed by atoms with van der Waals surface area (Å²) in [4.78, 5) is 24.0. The van der Waals surface area contributed by atoms with Gasteiger partial charge < -0.3 is 9.15 Å². The smallest absolute Gasteiger partial charge is 0.427 e. The number of fused-ring (bicyclic) bond motifs is 1. The van der Waals surface area contributed by atoms with Crippen LogP contribution in [0.4, 0.5) is 10.5 Å². The fraction of sp³-hybridized carbons (Fsp3) is 0.316. The van der Waals surface area contributed by atoms with Crippen LogP contribution in [0.1, 0.15) is 47.2 Å². The number of ether oxygens (including phenoxy) is 1. The number of hydrogen-bond donors (Lipinski definition) is 3. The molecule has 0 unspecified atom stereocenters. The number of hydrazone groups is 1. The zero-order valence-electron chi connectivity index (χ0n) is 15.3. The number of benzene rings is 1. The van der Waals surface area contributed by atoms with Gasteiger partial charge in [-0.3, -0.25) is 15.6 Å². The highest BCUT2D eigenvalue weighted by Crippen LogP contribution is 2.29. The maximum Gasteiger partial charge on any atom is 0.427 e. The summed E-state index contributed by atoms with van der Waals surface area (Å²) >= 11 is 0. The van der Waals surface area contributed by atoms with E-state index in [0.717, 1.165) is 17.7 Å². The standard InChI is InChI=1S/C19H22N4O4/c1-3-26-19(25)23-21-14-10-7-11-15-16(14)12(2)17(27-15)18(24)22-20-13-8-5-4-6-9-13/h4-6,8-9,20H,3,7,10-11H2,1-2H3,(H,22,24)(H,23,25)/b21-14+. The SMILES string of the molecule is CCOC(=O)N/N=C1\CCCc2oc(C(=O)NNc3ccccc3)c(C)c21. The molecule has 0 atom stereocenters. The third-order valence-corrected chi connectivity index (χ3v) is 4.18. The van der Waals surface area contributed by atoms with E-state index >= 15 is 0 Å². The number of aryl methyl sites for hydroxylation is 1. The summed E-state index contributed by atoms with van der Waals surface area (Å²) in [6, 6.07) is 9.30. The van der Waals surface area contributed by atoms with Gasteiger partial charge in [0.05, 0.1) is 18.0 Å². The van der Waals surface area contributed by atoms with E-state index in [0.29, 0.717) is 29.9 Å². The van der Waals surface area contributed by atoms with Crippen molar-refractivity contribution >= 4 is 23.4 Å². The number of para-hydroxylation sites is 1. The van der Waals surface area contributed by atoms with Crippen molar-refractivity contribution in [2.45, 2.75) is 33.1 Å². The monoisotopic (exact) mass is 370 g/mol. The molecule has 1 aliphatic carbocycles. The van der Waals surface area contributed by atoms with Crippen molar-refractivity contribution < 1.29 is 18.7 Å². The Bertz CT molecular complexity index is 858. The quantitative estimate of drug-likeness (QED) is 0.701. The highest BCUT2D eigenvalue weighted by atomic mass is 16.5. The number of nitrogens with one attached hydrogen (secondary N) is 3. The number of anilines is 1. The molecule has 1 aromatic carbocycles. The maximum absolute atomic E-state index is 12.5. The van der Waals surface area contributed by atoms with Gasteiger partial charge in [-0.25, -0.2) is 10.2 Å². The molecular formula is C19H22N4O4. The largest absolute Gasteiger partial charge is 0.455 e. The molecular weight excluding hydrogens is 348 g/mol. The van der Waals surface area contributed by atoms with Crippen molar-refractivity contribution in [2.75, 3.05) is 12.0 Å². The van der Waals surface area contributed by atoms with Crippen LogP contribution >= 0.6 is 0 Å². The zero-order valence-corrected chi connectivity index (χ0v) is 15.3. The van der Waals surface area contributed by atoms with E-state index in [-0.39, 0.29) is 18.3 Å². The second kappa shape index (κ2) is 8.39. The molecule has 0 fully saturated rings. The van der Waals surface area contributed by atoms with Crippen LogP contribution in [0.5, 0.6) is 0 Å². The summed E-state index contributed by atoms with van der Waals surface area (Å²) in [5, 5.41) is 4.15. The molecule has 0 saturated carbocycles. The predicted octanol–water partition coefficient (Wildman–Crippen LogP) is 3.13. The Morgan fingerprint density at radius 2 is 2.00 bits per heavy atom. The topological polar surface area (TPSA) is 105 Å². The maximum atomic E-state index is 12.5. The van der Waals surface area contributed by atoms with Gasteiger partial charge in [-0.05, 0) is 38.8 Å². The summed E-state index contributed by atoms with van der Waals surface area (Å²) in [6.07, 6.45) is 1.62. The minimum Gasteiger partial charge on any atom is -0.455 e. The van der Waals surface area contributed by atoms with Crippen LogP contribution in [0.3, 0.4) is 0 Å². The number of nitrogens with zero attached hydrogens (tertiary/aromatic N) is 1. The lowest BCUT2D eigenvalue weighted by atomic mass is 9.93. The molecule has 0 spiro atoms. The number of furan rings is 1. The van der Waals surface area contributed by atoms with Gasteiger partial charge in [0.15, 0.2) is 5.76 Å². The molecule has 3 rings (SSSR count). The number of amides is 2. The molecule has 8 nitrogen and oxygen atoms in total. The van der Waals surface area contributed by atoms with Gasteiger partial charge in [-0.2, -0.15) is 5.10 Å². The van der Waals surface area contributed by atoms with Crippen LogP contribution in [0.25, 0.3) is 0 Å². The predicted molar refractivity (Wildman–Crippen MR) is 101 cm³/mol. The molecule has 0 aliphatic heterocycles. The van der Waals surface area contributed by atoms with E-state index in [1.54, 1.807) is 6.92 Å². The first-order valence-electron chi connectivity index (χ1n) is 8.83. The summed E-state index contributed by atoms with van der Waals surface area (Å²) in [5.74, 6) is 0.561. The van der Waals surface area contributed by atoms with E-state index < -0.39 is 6.09 Å². The van der Waals surface area contributed by atoms with Crippen LogP contribution in [0.2, 0.25) is 0 Å². The lowest BCUT2D eigenvalue weighted by molar-refractivity contribution is 0.0932. The fourth-order valence-electron chi connectivity index (χ4n) is 2.98. The first-order chi connectivity index (χ1) is 13.1. The molecule has 2 aromatic rings. The molecule has 0 saturated heterocycles. The van der Waals surface area contributed by atoms with E-state index in [1.165, 1.54) is 0 Å². The lowest BCUT2D eigenvalue weighted by Gasteiger charge is -2.13. The van der Waals surface area contributed by atoms with Gasteiger partial charge in [-0.15, -0.1) is 0 Å². The van der Waals surface area contributed by atoms with Gasteiger partial charge in [0.25, 0.3) is 0 Å². The fourth-order valence-corrected chi connectivity index (χ4v) is 2.98. The minimum atomic E-state index is -0.608. The first-order valence-corrected chi connectivity index (χ1v) is 8.83. The second-order valence-corrected chi connectivity index (χ2v) is 6.04. The average molecular weight is 370 g/mol. The van der Waals surface area contributed by atoms with Crippen molar-refractivity contribution in [2.24, 2.45) is 5.10 Å². The molecule has 142 valence electrons. The van der Waals surface area contributed by atoms with Crippen LogP contribution in [-0.4, -0.2) is 24.3 Å². The van der Waals surface area contributed by atoms with E-state index in [2.05, 4.69) is 21.4 Å². The molecule has 1 aromatic heterocycles. The van der Waals surface area contributed by atoms with Crippen LogP contribution in [0, 0.1) is 6.92 Å². The third kappa shape index (κ3) is 4.28. The summed E-state index contributed by atoms with van der Waals surface area (Å²) in [6.45, 7) is 3.80. The Labute approximate surface area is 156 Å². The average Bonchev–Trinajstić information content (AvgIpc) is 3.03. The Kier molecular flexibility index (Phi) is 5.75. The van der Waals surface area contributed by atoms with Gasteiger partial charge in [0.2, 0.25) is 0 Å². The molecule has 2 amide bonds. The van der Waals surface area contributed by atoms with Crippen LogP contribution in [-0.2, 0) is 11.2 Å². The molecule has 3 N–H and O–H groups in total.